The Morgan fingerprint density at radius 1 is 1.35 bits per heavy atom. The molecule has 6 nitrogen and oxygen atoms in total. The number of benzene rings is 1. The molecule has 0 bridgehead atoms. The Kier molecular flexibility index (Phi) is 4.73. The molecule has 1 amide bonds. The van der Waals surface area contributed by atoms with E-state index in [1.807, 2.05) is 31.2 Å². The van der Waals surface area contributed by atoms with Gasteiger partial charge in [-0.25, -0.2) is 4.68 Å². The molecule has 0 aliphatic carbocycles. The summed E-state index contributed by atoms with van der Waals surface area (Å²) in [5.74, 6) is 0.384. The van der Waals surface area contributed by atoms with E-state index in [1.54, 1.807) is 23.7 Å². The summed E-state index contributed by atoms with van der Waals surface area (Å²) in [5, 5.41) is 11.7. The molecule has 20 heavy (non-hydrogen) atoms. The number of carbonyl (C=O) groups excluding carboxylic acids is 1. The van der Waals surface area contributed by atoms with Gasteiger partial charge in [0, 0.05) is 20.6 Å². The number of thioether (sulfide) groups is 1. The van der Waals surface area contributed by atoms with E-state index in [0.29, 0.717) is 17.5 Å². The van der Waals surface area contributed by atoms with Crippen LogP contribution < -0.4 is 0 Å². The summed E-state index contributed by atoms with van der Waals surface area (Å²) in [5.41, 5.74) is 2.34. The Bertz CT molecular complexity index is 581. The third kappa shape index (κ3) is 3.80. The van der Waals surface area contributed by atoms with Crippen LogP contribution in [-0.4, -0.2) is 43.8 Å². The molecule has 2 aromatic rings. The zero-order valence-electron chi connectivity index (χ0n) is 11.8. The molecule has 0 fully saturated rings. The van der Waals surface area contributed by atoms with E-state index in [2.05, 4.69) is 15.5 Å². The summed E-state index contributed by atoms with van der Waals surface area (Å²) in [6.07, 6.45) is 0. The van der Waals surface area contributed by atoms with Gasteiger partial charge >= 0.3 is 0 Å². The van der Waals surface area contributed by atoms with Crippen molar-refractivity contribution in [2.45, 2.75) is 18.6 Å². The van der Waals surface area contributed by atoms with Gasteiger partial charge < -0.3 is 4.90 Å². The third-order valence-electron chi connectivity index (χ3n) is 2.87. The normalized spacial score (nSPS) is 10.6. The molecule has 0 spiro atoms. The Morgan fingerprint density at radius 2 is 2.05 bits per heavy atom. The molecule has 0 aliphatic rings. The average Bonchev–Trinajstić information content (AvgIpc) is 2.84. The second-order valence-electron chi connectivity index (χ2n) is 4.61. The van der Waals surface area contributed by atoms with Gasteiger partial charge in [0.1, 0.15) is 0 Å². The number of amides is 1. The van der Waals surface area contributed by atoms with Crippen LogP contribution >= 0.6 is 11.8 Å². The Balaban J connectivity index is 1.86. The maximum Gasteiger partial charge on any atom is 0.233 e. The van der Waals surface area contributed by atoms with Crippen LogP contribution in [0.4, 0.5) is 0 Å². The molecule has 0 unspecified atom stereocenters. The molecule has 0 radical (unpaired) electrons. The molecule has 1 heterocycles. The van der Waals surface area contributed by atoms with Crippen molar-refractivity contribution >= 4 is 17.7 Å². The molecule has 1 aromatic heterocycles. The molecular weight excluding hydrogens is 274 g/mol. The summed E-state index contributed by atoms with van der Waals surface area (Å²) < 4.78 is 1.55. The molecule has 7 heteroatoms. The van der Waals surface area contributed by atoms with Crippen LogP contribution in [0.2, 0.25) is 0 Å². The predicted octanol–water partition coefficient (Wildman–Crippen LogP) is 1.27. The molecule has 0 saturated carbocycles. The number of carbonyl (C=O) groups is 1. The predicted molar refractivity (Wildman–Crippen MR) is 77.2 cm³/mol. The van der Waals surface area contributed by atoms with Gasteiger partial charge in [0.25, 0.3) is 0 Å². The molecule has 0 aliphatic heterocycles. The summed E-state index contributed by atoms with van der Waals surface area (Å²) in [7, 11) is 3.56. The van der Waals surface area contributed by atoms with E-state index < -0.39 is 0 Å². The molecule has 1 aromatic carbocycles. The van der Waals surface area contributed by atoms with Crippen molar-refractivity contribution in [1.29, 1.82) is 0 Å². The number of tetrazole rings is 1. The summed E-state index contributed by atoms with van der Waals surface area (Å²) in [6.45, 7) is 2.65. The van der Waals surface area contributed by atoms with E-state index in [4.69, 9.17) is 0 Å². The largest absolute Gasteiger partial charge is 0.341 e. The first-order valence-electron chi connectivity index (χ1n) is 6.21. The lowest BCUT2D eigenvalue weighted by molar-refractivity contribution is -0.127. The highest BCUT2D eigenvalue weighted by Gasteiger charge is 2.12. The molecular formula is C13H17N5OS. The highest BCUT2D eigenvalue weighted by Crippen LogP contribution is 2.13. The highest BCUT2D eigenvalue weighted by atomic mass is 32.2. The monoisotopic (exact) mass is 291 g/mol. The van der Waals surface area contributed by atoms with Crippen molar-refractivity contribution < 1.29 is 4.79 Å². The van der Waals surface area contributed by atoms with Gasteiger partial charge in [0.15, 0.2) is 0 Å². The van der Waals surface area contributed by atoms with Gasteiger partial charge in [0.05, 0.1) is 5.75 Å². The minimum Gasteiger partial charge on any atom is -0.341 e. The highest BCUT2D eigenvalue weighted by molar-refractivity contribution is 7.99. The summed E-state index contributed by atoms with van der Waals surface area (Å²) >= 11 is 1.34. The van der Waals surface area contributed by atoms with E-state index in [9.17, 15) is 4.79 Å². The van der Waals surface area contributed by atoms with Crippen molar-refractivity contribution in [2.75, 3.05) is 12.8 Å². The van der Waals surface area contributed by atoms with Gasteiger partial charge in [-0.2, -0.15) is 0 Å². The third-order valence-corrected chi connectivity index (χ3v) is 3.87. The lowest BCUT2D eigenvalue weighted by Crippen LogP contribution is -2.27. The lowest BCUT2D eigenvalue weighted by Gasteiger charge is -2.17. The molecule has 0 saturated heterocycles. The van der Waals surface area contributed by atoms with E-state index in [-0.39, 0.29) is 5.91 Å². The standard InChI is InChI=1S/C13H17N5OS/c1-10-4-6-11(7-5-10)8-17(2)12(19)9-20-13-14-15-16-18(13)3/h4-7H,8-9H2,1-3H3. The summed E-state index contributed by atoms with van der Waals surface area (Å²) in [4.78, 5) is 13.8. The minimum absolute atomic E-state index is 0.0542. The first-order chi connectivity index (χ1) is 9.56. The number of rotatable bonds is 5. The quantitative estimate of drug-likeness (QED) is 0.776. The first kappa shape index (κ1) is 14.5. The van der Waals surface area contributed by atoms with Crippen LogP contribution in [0.5, 0.6) is 0 Å². The first-order valence-corrected chi connectivity index (χ1v) is 7.19. The van der Waals surface area contributed by atoms with Crippen molar-refractivity contribution in [1.82, 2.24) is 25.1 Å². The fraction of sp³-hybridized carbons (Fsp3) is 0.385. The average molecular weight is 291 g/mol. The molecule has 106 valence electrons. The number of nitrogens with zero attached hydrogens (tertiary/aromatic N) is 5. The van der Waals surface area contributed by atoms with Gasteiger partial charge in [-0.3, -0.25) is 4.79 Å². The van der Waals surface area contributed by atoms with Crippen molar-refractivity contribution in [3.05, 3.63) is 35.4 Å². The fourth-order valence-corrected chi connectivity index (χ4v) is 2.43. The topological polar surface area (TPSA) is 63.9 Å². The smallest absolute Gasteiger partial charge is 0.233 e. The van der Waals surface area contributed by atoms with Crippen LogP contribution in [0.3, 0.4) is 0 Å². The lowest BCUT2D eigenvalue weighted by atomic mass is 10.1. The zero-order valence-corrected chi connectivity index (χ0v) is 12.6. The Morgan fingerprint density at radius 3 is 2.65 bits per heavy atom. The van der Waals surface area contributed by atoms with Gasteiger partial charge in [-0.1, -0.05) is 41.6 Å². The number of hydrogen-bond acceptors (Lipinski definition) is 5. The molecule has 0 atom stereocenters. The van der Waals surface area contributed by atoms with E-state index in [1.165, 1.54) is 17.3 Å². The second-order valence-corrected chi connectivity index (χ2v) is 5.55. The Hall–Kier alpha value is -1.89. The van der Waals surface area contributed by atoms with Gasteiger partial charge in [0.2, 0.25) is 11.1 Å². The molecule has 0 N–H and O–H groups in total. The van der Waals surface area contributed by atoms with Crippen LogP contribution in [0, 0.1) is 6.92 Å². The van der Waals surface area contributed by atoms with E-state index >= 15 is 0 Å². The number of aryl methyl sites for hydroxylation is 2. The van der Waals surface area contributed by atoms with Crippen molar-refractivity contribution in [3.8, 4) is 0 Å². The maximum atomic E-state index is 12.0. The van der Waals surface area contributed by atoms with Gasteiger partial charge in [-0.15, -0.1) is 5.10 Å². The second kappa shape index (κ2) is 6.51. The minimum atomic E-state index is 0.0542. The van der Waals surface area contributed by atoms with Gasteiger partial charge in [-0.05, 0) is 22.9 Å². The summed E-state index contributed by atoms with van der Waals surface area (Å²) in [6, 6.07) is 8.18. The Labute approximate surface area is 122 Å². The van der Waals surface area contributed by atoms with Crippen molar-refractivity contribution in [2.24, 2.45) is 7.05 Å². The maximum absolute atomic E-state index is 12.0. The number of aromatic nitrogens is 4. The zero-order chi connectivity index (χ0) is 14.5. The van der Waals surface area contributed by atoms with Crippen LogP contribution in [-0.2, 0) is 18.4 Å². The van der Waals surface area contributed by atoms with Crippen LogP contribution in [0.15, 0.2) is 29.4 Å². The van der Waals surface area contributed by atoms with Crippen LogP contribution in [0.25, 0.3) is 0 Å². The fourth-order valence-electron chi connectivity index (χ4n) is 1.64. The SMILES string of the molecule is Cc1ccc(CN(C)C(=O)CSc2nnnn2C)cc1. The van der Waals surface area contributed by atoms with Crippen LogP contribution in [0.1, 0.15) is 11.1 Å². The molecule has 2 rings (SSSR count). The number of hydrogen-bond donors (Lipinski definition) is 0. The van der Waals surface area contributed by atoms with E-state index in [0.717, 1.165) is 5.56 Å². The van der Waals surface area contributed by atoms with Crippen molar-refractivity contribution in [3.63, 3.8) is 0 Å².